The van der Waals surface area contributed by atoms with Crippen LogP contribution in [-0.2, 0) is 19.2 Å². The van der Waals surface area contributed by atoms with Crippen LogP contribution in [-0.4, -0.2) is 200 Å². The molecule has 3 N–H and O–H groups in total. The summed E-state index contributed by atoms with van der Waals surface area (Å²) in [6.07, 6.45) is 14.8. The highest BCUT2D eigenvalue weighted by atomic mass is 19.3. The third-order valence-corrected chi connectivity index (χ3v) is 23.4. The Hall–Kier alpha value is -11.7. The van der Waals surface area contributed by atoms with Crippen molar-refractivity contribution in [2.45, 2.75) is 89.4 Å². The number of benzene rings is 4. The van der Waals surface area contributed by atoms with Crippen LogP contribution >= 0.6 is 0 Å². The minimum absolute atomic E-state index is 0.0165. The quantitative estimate of drug-likeness (QED) is 0.0490. The molecule has 8 aliphatic heterocycles. The first kappa shape index (κ1) is 77.2. The Morgan fingerprint density at radius 2 is 0.861 bits per heavy atom. The van der Waals surface area contributed by atoms with E-state index < -0.39 is 112 Å². The zero-order valence-corrected chi connectivity index (χ0v) is 62.0. The van der Waals surface area contributed by atoms with Crippen LogP contribution in [0.2, 0.25) is 0 Å². The molecule has 10 aromatic rings. The van der Waals surface area contributed by atoms with Gasteiger partial charge in [-0.2, -0.15) is 22.0 Å². The Morgan fingerprint density at radius 3 is 1.28 bits per heavy atom. The lowest BCUT2D eigenvalue weighted by Gasteiger charge is -2.38. The van der Waals surface area contributed by atoms with Gasteiger partial charge in [0.25, 0.3) is 23.6 Å². The van der Waals surface area contributed by atoms with Gasteiger partial charge in [-0.3, -0.25) is 87.7 Å². The van der Waals surface area contributed by atoms with E-state index in [0.29, 0.717) is 32.0 Å². The Labute approximate surface area is 651 Å². The first-order valence-electron chi connectivity index (χ1n) is 38.3. The van der Waals surface area contributed by atoms with Crippen LogP contribution in [0.15, 0.2) is 122 Å². The van der Waals surface area contributed by atoms with Crippen LogP contribution in [0.5, 0.6) is 0 Å². The Morgan fingerprint density at radius 1 is 0.426 bits per heavy atom. The molecular weight excluding hydrogens is 1510 g/mol. The molecule has 6 aromatic heterocycles. The van der Waals surface area contributed by atoms with Gasteiger partial charge in [0.05, 0.1) is 55.4 Å². The number of hydrogen-bond acceptors (Lipinski definition) is 18. The predicted molar refractivity (Wildman–Crippen MR) is 407 cm³/mol. The number of rotatable bonds is 15. The summed E-state index contributed by atoms with van der Waals surface area (Å²) in [5, 5.41) is 8.34. The molecule has 33 heteroatoms. The number of hydrogen-bond donors (Lipinski definition) is 3. The van der Waals surface area contributed by atoms with E-state index in [4.69, 9.17) is 0 Å². The molecule has 0 radical (unpaired) electrons. The fraction of sp³-hybridized carbons (Fsp3) is 0.366. The van der Waals surface area contributed by atoms with E-state index in [0.717, 1.165) is 168 Å². The molecule has 2 atom stereocenters. The van der Waals surface area contributed by atoms with Crippen LogP contribution in [0, 0.1) is 41.1 Å². The first-order valence-corrected chi connectivity index (χ1v) is 38.3. The number of fused-ring (bicyclic) bond motifs is 8. The lowest BCUT2D eigenvalue weighted by atomic mass is 9.93. The second-order valence-corrected chi connectivity index (χ2v) is 30.0. The number of anilines is 3. The topological polar surface area (TPSA) is 257 Å². The Kier molecular flexibility index (Phi) is 21.7. The Balaban J connectivity index is 0.000000144. The minimum atomic E-state index is -3.04. The molecule has 8 aliphatic rings. The SMILES string of the molecule is Fc1ccc(-c2c(F)cc3c4cnccc4n(C(F)F)c3c2F)cn1.O=C1CCC(N2C(=O)c3ccc(N4CCN(CCC5CCN(c6ccc(-c7c(F)cc8c9cnccc9n(C(F)F)c8c7F)cn6)CC5)CC4)cc3C2=O)C(=O)N1.O=C1CCC(N2C(=O)c3ccc(N4CCN(CCC5CCNCC5)CC4)cc3C2=O)C(=O)N1. The lowest BCUT2D eigenvalue weighted by molar-refractivity contribution is -0.137. The number of alkyl halides is 4. The number of amides is 8. The van der Waals surface area contributed by atoms with E-state index in [1.165, 1.54) is 62.4 Å². The number of aromatic nitrogens is 6. The number of nitrogens with zero attached hydrogens (tertiary/aromatic N) is 13. The lowest BCUT2D eigenvalue weighted by Crippen LogP contribution is -2.54. The van der Waals surface area contributed by atoms with Gasteiger partial charge in [-0.25, -0.2) is 27.5 Å². The van der Waals surface area contributed by atoms with Gasteiger partial charge in [0.2, 0.25) is 29.6 Å². The molecule has 0 aliphatic carbocycles. The number of carbonyl (C=O) groups is 8. The molecule has 596 valence electrons. The van der Waals surface area contributed by atoms with Gasteiger partial charge in [0, 0.05) is 160 Å². The molecule has 2 unspecified atom stereocenters. The van der Waals surface area contributed by atoms with Gasteiger partial charge in [-0.05, 0) is 174 Å². The van der Waals surface area contributed by atoms with E-state index in [9.17, 15) is 64.7 Å². The fourth-order valence-corrected chi connectivity index (χ4v) is 17.3. The fourth-order valence-electron chi connectivity index (χ4n) is 17.3. The molecule has 4 aromatic carbocycles. The van der Waals surface area contributed by atoms with Crippen molar-refractivity contribution in [3.63, 3.8) is 0 Å². The van der Waals surface area contributed by atoms with Crippen molar-refractivity contribution < 1.29 is 77.9 Å². The molecule has 0 saturated carbocycles. The number of imide groups is 4. The van der Waals surface area contributed by atoms with Crippen LogP contribution in [0.4, 0.5) is 56.7 Å². The summed E-state index contributed by atoms with van der Waals surface area (Å²) in [5.74, 6) is -6.79. The standard InChI is InChI=1S/C41H38F4N8O4.C24H31N5O4.C17H8F5N3/c42-30-20-27-29-22-46-11-7-31(29)52(41(44)45)37(27)36(43)35(30)24-1-5-33(47-21-24)51-13-9-23(10-14-51)8-12-49-15-17-50(18-16-49)25-2-3-26-28(19-25)40(57)53(39(26)56)32-4-6-34(54)48-38(32)55;30-21-4-3-20(22(31)26-21)29-23(32)18-2-1-17(15-19(18)24(29)33)28-13-11-27(12-14-28)10-7-16-5-8-25-9-6-16;18-11-5-9-10-7-23-4-3-12(10)25(17(21)22)16(9)15(20)14(11)8-1-2-13(19)24-6-8/h1-3,5,7,11,19-23,32,41H,4,6,8-10,12-18H2,(H,48,54,55);1-2,15-16,20,25H,3-14H2,(H,26,30,31);1-7,17H. The van der Waals surface area contributed by atoms with E-state index >= 15 is 13.2 Å². The summed E-state index contributed by atoms with van der Waals surface area (Å²) in [6.45, 7) is 6.77. The summed E-state index contributed by atoms with van der Waals surface area (Å²) in [4.78, 5) is 129. The van der Waals surface area contributed by atoms with Crippen molar-refractivity contribution in [2.75, 3.05) is 106 Å². The predicted octanol–water partition coefficient (Wildman–Crippen LogP) is 11.4. The van der Waals surface area contributed by atoms with Crippen molar-refractivity contribution in [3.8, 4) is 22.3 Å². The van der Waals surface area contributed by atoms with Gasteiger partial charge >= 0.3 is 13.1 Å². The first-order chi connectivity index (χ1) is 55.6. The van der Waals surface area contributed by atoms with Crippen LogP contribution < -0.4 is 30.7 Å². The van der Waals surface area contributed by atoms with Crippen molar-refractivity contribution >= 4 is 108 Å². The van der Waals surface area contributed by atoms with Crippen LogP contribution in [0.25, 0.3) is 65.9 Å². The molecule has 6 saturated heterocycles. The summed E-state index contributed by atoms with van der Waals surface area (Å²) in [7, 11) is 0. The number of carbonyl (C=O) groups excluding carboxylic acids is 8. The smallest absolute Gasteiger partial charge is 0.319 e. The molecular formula is C82H77F9N16O8. The van der Waals surface area contributed by atoms with Crippen molar-refractivity contribution in [1.29, 1.82) is 0 Å². The van der Waals surface area contributed by atoms with E-state index in [1.807, 2.05) is 12.1 Å². The summed E-state index contributed by atoms with van der Waals surface area (Å²) < 4.78 is 130. The number of piperazine rings is 2. The molecule has 18 rings (SSSR count). The average Bonchev–Trinajstić information content (AvgIpc) is 1.60. The number of pyridine rings is 4. The van der Waals surface area contributed by atoms with Crippen LogP contribution in [0.3, 0.4) is 0 Å². The molecule has 0 spiro atoms. The normalized spacial score (nSPS) is 19.5. The summed E-state index contributed by atoms with van der Waals surface area (Å²) in [6, 6.07) is 18.7. The number of piperidine rings is 4. The highest BCUT2D eigenvalue weighted by Gasteiger charge is 2.47. The largest absolute Gasteiger partial charge is 0.369 e. The van der Waals surface area contributed by atoms with Gasteiger partial charge < -0.3 is 20.0 Å². The highest BCUT2D eigenvalue weighted by molar-refractivity contribution is 6.25. The minimum Gasteiger partial charge on any atom is -0.369 e. The monoisotopic (exact) mass is 1580 g/mol. The second-order valence-electron chi connectivity index (χ2n) is 30.0. The molecule has 14 heterocycles. The van der Waals surface area contributed by atoms with Gasteiger partial charge in [0.1, 0.15) is 29.5 Å². The van der Waals surface area contributed by atoms with Crippen LogP contribution in [0.1, 0.15) is 119 Å². The van der Waals surface area contributed by atoms with E-state index in [2.05, 4.69) is 60.4 Å². The maximum absolute atomic E-state index is 15.9. The van der Waals surface area contributed by atoms with Crippen molar-refractivity contribution in [1.82, 2.24) is 64.6 Å². The molecule has 24 nitrogen and oxygen atoms in total. The maximum Gasteiger partial charge on any atom is 0.319 e. The van der Waals surface area contributed by atoms with Crippen molar-refractivity contribution in [2.24, 2.45) is 11.8 Å². The third-order valence-electron chi connectivity index (χ3n) is 23.4. The summed E-state index contributed by atoms with van der Waals surface area (Å²) in [5.41, 5.74) is 1.42. The number of nitrogens with one attached hydrogen (secondary N) is 3. The maximum atomic E-state index is 15.9. The molecule has 0 bridgehead atoms. The van der Waals surface area contributed by atoms with Crippen molar-refractivity contribution in [3.05, 3.63) is 174 Å². The molecule has 6 fully saturated rings. The van der Waals surface area contributed by atoms with Gasteiger partial charge in [-0.1, -0.05) is 0 Å². The Bertz CT molecular complexity index is 5530. The van der Waals surface area contributed by atoms with E-state index in [1.54, 1.807) is 36.4 Å². The molecule has 115 heavy (non-hydrogen) atoms. The summed E-state index contributed by atoms with van der Waals surface area (Å²) >= 11 is 0. The average molecular weight is 1590 g/mol. The van der Waals surface area contributed by atoms with Gasteiger partial charge in [-0.15, -0.1) is 0 Å². The highest BCUT2D eigenvalue weighted by Crippen LogP contribution is 2.43. The third kappa shape index (κ3) is 15.0. The zero-order chi connectivity index (χ0) is 80.2. The molecule has 8 amide bonds. The number of halogens is 9. The van der Waals surface area contributed by atoms with E-state index in [-0.39, 0.29) is 91.9 Å². The van der Waals surface area contributed by atoms with Gasteiger partial charge in [0.15, 0.2) is 11.6 Å². The zero-order valence-electron chi connectivity index (χ0n) is 62.0. The second kappa shape index (κ2) is 32.3.